The summed E-state index contributed by atoms with van der Waals surface area (Å²) in [6, 6.07) is 5.08. The molecule has 2 aromatic rings. The number of nitrogens with zero attached hydrogens (tertiary/aromatic N) is 3. The van der Waals surface area contributed by atoms with Crippen LogP contribution < -0.4 is 0 Å². The first-order valence-corrected chi connectivity index (χ1v) is 6.95. The minimum atomic E-state index is -0.387. The van der Waals surface area contributed by atoms with Crippen LogP contribution in [0, 0.1) is 27.5 Å². The molecular formula is C11H9BrIN3O2. The van der Waals surface area contributed by atoms with Crippen LogP contribution in [0.2, 0.25) is 0 Å². The van der Waals surface area contributed by atoms with Crippen molar-refractivity contribution in [1.82, 2.24) is 9.78 Å². The highest BCUT2D eigenvalue weighted by atomic mass is 127. The third kappa shape index (κ3) is 2.28. The molecule has 0 aliphatic heterocycles. The van der Waals surface area contributed by atoms with Crippen LogP contribution in [0.25, 0.3) is 5.69 Å². The molecule has 1 heterocycles. The summed E-state index contributed by atoms with van der Waals surface area (Å²) in [5.41, 5.74) is 2.18. The second-order valence-corrected chi connectivity index (χ2v) is 5.83. The third-order valence-electron chi connectivity index (χ3n) is 2.57. The van der Waals surface area contributed by atoms with E-state index >= 15 is 0 Å². The van der Waals surface area contributed by atoms with Gasteiger partial charge in [-0.1, -0.05) is 0 Å². The molecule has 1 aromatic carbocycles. The second-order valence-electron chi connectivity index (χ2n) is 3.79. The lowest BCUT2D eigenvalue weighted by Crippen LogP contribution is -2.04. The van der Waals surface area contributed by atoms with E-state index in [0.29, 0.717) is 5.69 Å². The number of halogens is 2. The number of nitro groups is 1. The van der Waals surface area contributed by atoms with Gasteiger partial charge in [0.15, 0.2) is 0 Å². The lowest BCUT2D eigenvalue weighted by atomic mass is 10.2. The van der Waals surface area contributed by atoms with Crippen LogP contribution in [0.3, 0.4) is 0 Å². The van der Waals surface area contributed by atoms with Gasteiger partial charge in [0.05, 0.1) is 20.8 Å². The Morgan fingerprint density at radius 2 is 2.11 bits per heavy atom. The van der Waals surface area contributed by atoms with Crippen molar-refractivity contribution in [3.8, 4) is 5.69 Å². The van der Waals surface area contributed by atoms with Gasteiger partial charge in [-0.3, -0.25) is 10.1 Å². The maximum Gasteiger partial charge on any atom is 0.295 e. The molecule has 0 fully saturated rings. The quantitative estimate of drug-likeness (QED) is 0.421. The maximum absolute atomic E-state index is 11.1. The van der Waals surface area contributed by atoms with Crippen molar-refractivity contribution in [3.63, 3.8) is 0 Å². The molecule has 1 aromatic heterocycles. The van der Waals surface area contributed by atoms with Crippen molar-refractivity contribution < 1.29 is 4.92 Å². The van der Waals surface area contributed by atoms with E-state index in [1.54, 1.807) is 16.8 Å². The molecule has 0 amide bonds. The number of aromatic nitrogens is 2. The molecule has 0 spiro atoms. The number of hydrogen-bond donors (Lipinski definition) is 0. The summed E-state index contributed by atoms with van der Waals surface area (Å²) in [7, 11) is 0. The molecule has 0 radical (unpaired) electrons. The Kier molecular flexibility index (Phi) is 3.71. The summed E-state index contributed by atoms with van der Waals surface area (Å²) >= 11 is 5.47. The first-order valence-electron chi connectivity index (χ1n) is 5.08. The van der Waals surface area contributed by atoms with Gasteiger partial charge in [-0.15, -0.1) is 0 Å². The molecule has 0 aliphatic rings. The zero-order chi connectivity index (χ0) is 13.4. The van der Waals surface area contributed by atoms with Crippen molar-refractivity contribution >= 4 is 44.2 Å². The van der Waals surface area contributed by atoms with Crippen LogP contribution in [-0.4, -0.2) is 14.7 Å². The largest absolute Gasteiger partial charge is 0.295 e. The van der Waals surface area contributed by atoms with Gasteiger partial charge in [0.2, 0.25) is 0 Å². The topological polar surface area (TPSA) is 61.0 Å². The van der Waals surface area contributed by atoms with Crippen LogP contribution >= 0.6 is 38.5 Å². The highest BCUT2D eigenvalue weighted by molar-refractivity contribution is 14.1. The standard InChI is InChI=1S/C11H9BrIN3O2/c1-6-11(12)7(2)15(14-6)9-4-3-8(13)5-10(9)16(17)18/h3-5H,1-2H3. The summed E-state index contributed by atoms with van der Waals surface area (Å²) in [4.78, 5) is 10.7. The summed E-state index contributed by atoms with van der Waals surface area (Å²) in [5, 5.41) is 15.4. The normalized spacial score (nSPS) is 10.7. The van der Waals surface area contributed by atoms with Gasteiger partial charge in [0.1, 0.15) is 5.69 Å². The van der Waals surface area contributed by atoms with Gasteiger partial charge in [-0.25, -0.2) is 4.68 Å². The molecule has 18 heavy (non-hydrogen) atoms. The monoisotopic (exact) mass is 421 g/mol. The van der Waals surface area contributed by atoms with E-state index < -0.39 is 0 Å². The minimum Gasteiger partial charge on any atom is -0.258 e. The first-order chi connectivity index (χ1) is 8.41. The van der Waals surface area contributed by atoms with E-state index in [1.807, 2.05) is 19.9 Å². The summed E-state index contributed by atoms with van der Waals surface area (Å²) in [5.74, 6) is 0. The maximum atomic E-state index is 11.1. The fraction of sp³-hybridized carbons (Fsp3) is 0.182. The molecule has 7 heteroatoms. The minimum absolute atomic E-state index is 0.0556. The van der Waals surface area contributed by atoms with Crippen molar-refractivity contribution in [3.05, 3.63) is 47.7 Å². The van der Waals surface area contributed by atoms with Crippen LogP contribution in [0.4, 0.5) is 5.69 Å². The predicted octanol–water partition coefficient (Wildman–Crippen LogP) is 3.76. The molecule has 0 unspecified atom stereocenters. The highest BCUT2D eigenvalue weighted by Crippen LogP contribution is 2.29. The molecule has 0 saturated carbocycles. The van der Waals surface area contributed by atoms with Gasteiger partial charge in [-0.05, 0) is 64.5 Å². The molecule has 0 bridgehead atoms. The van der Waals surface area contributed by atoms with Crippen LogP contribution in [0.1, 0.15) is 11.4 Å². The summed E-state index contributed by atoms with van der Waals surface area (Å²) < 4.78 is 3.28. The van der Waals surface area contributed by atoms with E-state index in [9.17, 15) is 10.1 Å². The van der Waals surface area contributed by atoms with Gasteiger partial charge >= 0.3 is 0 Å². The molecule has 0 atom stereocenters. The van der Waals surface area contributed by atoms with E-state index in [-0.39, 0.29) is 10.6 Å². The van der Waals surface area contributed by atoms with Gasteiger partial charge in [0.25, 0.3) is 5.69 Å². The number of aryl methyl sites for hydroxylation is 1. The third-order valence-corrected chi connectivity index (χ3v) is 4.38. The number of nitro benzene ring substituents is 1. The Morgan fingerprint density at radius 3 is 2.61 bits per heavy atom. The van der Waals surface area contributed by atoms with E-state index in [2.05, 4.69) is 43.6 Å². The number of rotatable bonds is 2. The smallest absolute Gasteiger partial charge is 0.258 e. The SMILES string of the molecule is Cc1nn(-c2ccc(I)cc2[N+](=O)[O-])c(C)c1Br. The molecule has 94 valence electrons. The summed E-state index contributed by atoms with van der Waals surface area (Å²) in [6.45, 7) is 3.72. The average Bonchev–Trinajstić information content (AvgIpc) is 2.57. The molecule has 0 N–H and O–H groups in total. The highest BCUT2D eigenvalue weighted by Gasteiger charge is 2.19. The van der Waals surface area contributed by atoms with Gasteiger partial charge in [-0.2, -0.15) is 5.10 Å². The average molecular weight is 422 g/mol. The lowest BCUT2D eigenvalue weighted by molar-refractivity contribution is -0.384. The zero-order valence-corrected chi connectivity index (χ0v) is 13.4. The van der Waals surface area contributed by atoms with Crippen molar-refractivity contribution in [2.75, 3.05) is 0 Å². The molecule has 5 nitrogen and oxygen atoms in total. The Bertz CT molecular complexity index is 639. The van der Waals surface area contributed by atoms with Crippen molar-refractivity contribution in [2.45, 2.75) is 13.8 Å². The summed E-state index contributed by atoms with van der Waals surface area (Å²) in [6.07, 6.45) is 0. The first kappa shape index (κ1) is 13.5. The van der Waals surface area contributed by atoms with Gasteiger partial charge in [0, 0.05) is 9.64 Å². The second kappa shape index (κ2) is 4.96. The number of hydrogen-bond acceptors (Lipinski definition) is 3. The van der Waals surface area contributed by atoms with Crippen molar-refractivity contribution in [2.24, 2.45) is 0 Å². The van der Waals surface area contributed by atoms with Crippen LogP contribution in [-0.2, 0) is 0 Å². The fourth-order valence-electron chi connectivity index (χ4n) is 1.68. The van der Waals surface area contributed by atoms with Crippen LogP contribution in [0.15, 0.2) is 22.7 Å². The lowest BCUT2D eigenvalue weighted by Gasteiger charge is -2.05. The number of benzene rings is 1. The van der Waals surface area contributed by atoms with Crippen LogP contribution in [0.5, 0.6) is 0 Å². The molecule has 0 saturated heterocycles. The Hall–Kier alpha value is -0.960. The van der Waals surface area contributed by atoms with E-state index in [4.69, 9.17) is 0 Å². The Labute approximate surface area is 126 Å². The van der Waals surface area contributed by atoms with E-state index in [1.165, 1.54) is 0 Å². The van der Waals surface area contributed by atoms with Crippen molar-refractivity contribution in [1.29, 1.82) is 0 Å². The zero-order valence-electron chi connectivity index (χ0n) is 9.65. The molecular weight excluding hydrogens is 413 g/mol. The van der Waals surface area contributed by atoms with E-state index in [0.717, 1.165) is 19.4 Å². The molecule has 2 rings (SSSR count). The fourth-order valence-corrected chi connectivity index (χ4v) is 2.40. The Balaban J connectivity index is 2.71. The Morgan fingerprint density at radius 1 is 1.44 bits per heavy atom. The van der Waals surface area contributed by atoms with Gasteiger partial charge < -0.3 is 0 Å². The molecule has 0 aliphatic carbocycles. The predicted molar refractivity (Wildman–Crippen MR) is 80.1 cm³/mol.